The third kappa shape index (κ3) is 4.40. The number of hydrogen-bond donors (Lipinski definition) is 0. The average Bonchev–Trinajstić information content (AvgIpc) is 2.52. The quantitative estimate of drug-likeness (QED) is 0.628. The highest BCUT2D eigenvalue weighted by Gasteiger charge is 2.05. The van der Waals surface area contributed by atoms with E-state index < -0.39 is 0 Å². The summed E-state index contributed by atoms with van der Waals surface area (Å²) < 4.78 is 24.3. The van der Waals surface area contributed by atoms with E-state index in [0.717, 1.165) is 5.56 Å². The van der Waals surface area contributed by atoms with Crippen molar-refractivity contribution in [3.05, 3.63) is 59.4 Å². The third-order valence-electron chi connectivity index (χ3n) is 2.81. The number of ether oxygens (including phenoxy) is 2. The van der Waals surface area contributed by atoms with Gasteiger partial charge < -0.3 is 9.47 Å². The number of alkyl halides is 1. The zero-order chi connectivity index (χ0) is 15.1. The Morgan fingerprint density at radius 3 is 2.43 bits per heavy atom. The highest BCUT2D eigenvalue weighted by molar-refractivity contribution is 6.19. The maximum Gasteiger partial charge on any atom is 0.133 e. The molecule has 0 atom stereocenters. The van der Waals surface area contributed by atoms with Gasteiger partial charge in [-0.1, -0.05) is 11.8 Å². The second kappa shape index (κ2) is 7.56. The number of hydrogen-bond acceptors (Lipinski definition) is 2. The normalized spacial score (nSPS) is 9.67. The summed E-state index contributed by atoms with van der Waals surface area (Å²) in [5.41, 5.74) is 1.33. The Balaban J connectivity index is 1.99. The summed E-state index contributed by atoms with van der Waals surface area (Å²) in [5, 5.41) is 0. The Hall–Kier alpha value is -2.18. The van der Waals surface area contributed by atoms with Crippen molar-refractivity contribution in [1.29, 1.82) is 0 Å². The van der Waals surface area contributed by atoms with Crippen LogP contribution in [0.4, 0.5) is 4.39 Å². The summed E-state index contributed by atoms with van der Waals surface area (Å²) in [6, 6.07) is 11.9. The second-order valence-electron chi connectivity index (χ2n) is 4.21. The van der Waals surface area contributed by atoms with Gasteiger partial charge in [0, 0.05) is 17.2 Å². The first-order chi connectivity index (χ1) is 10.2. The van der Waals surface area contributed by atoms with Crippen LogP contribution in [0.5, 0.6) is 11.5 Å². The van der Waals surface area contributed by atoms with E-state index in [9.17, 15) is 4.39 Å². The van der Waals surface area contributed by atoms with Crippen molar-refractivity contribution in [2.45, 2.75) is 6.61 Å². The van der Waals surface area contributed by atoms with Crippen molar-refractivity contribution in [2.24, 2.45) is 0 Å². The summed E-state index contributed by atoms with van der Waals surface area (Å²) in [6.45, 7) is 0.155. The third-order valence-corrected chi connectivity index (χ3v) is 2.94. The van der Waals surface area contributed by atoms with Crippen LogP contribution in [0.15, 0.2) is 42.5 Å². The van der Waals surface area contributed by atoms with Crippen molar-refractivity contribution in [3.8, 4) is 23.3 Å². The summed E-state index contributed by atoms with van der Waals surface area (Å²) in [6.07, 6.45) is 0. The molecule has 0 saturated carbocycles. The zero-order valence-electron chi connectivity index (χ0n) is 11.5. The molecule has 0 bridgehead atoms. The van der Waals surface area contributed by atoms with Crippen molar-refractivity contribution in [3.63, 3.8) is 0 Å². The summed E-state index contributed by atoms with van der Waals surface area (Å²) in [7, 11) is 1.50. The van der Waals surface area contributed by atoms with Gasteiger partial charge in [0.1, 0.15) is 23.9 Å². The number of halogens is 2. The number of benzene rings is 2. The maximum absolute atomic E-state index is 13.8. The fourth-order valence-corrected chi connectivity index (χ4v) is 1.77. The molecule has 0 N–H and O–H groups in total. The smallest absolute Gasteiger partial charge is 0.133 e. The lowest BCUT2D eigenvalue weighted by Crippen LogP contribution is -1.99. The average molecular weight is 305 g/mol. The van der Waals surface area contributed by atoms with Gasteiger partial charge in [0.15, 0.2) is 0 Å². The Morgan fingerprint density at radius 1 is 1.10 bits per heavy atom. The lowest BCUT2D eigenvalue weighted by atomic mass is 10.2. The molecule has 0 aliphatic rings. The number of methoxy groups -OCH3 is 1. The molecule has 0 aliphatic heterocycles. The van der Waals surface area contributed by atoms with Gasteiger partial charge in [0.05, 0.1) is 13.0 Å². The van der Waals surface area contributed by atoms with Gasteiger partial charge >= 0.3 is 0 Å². The van der Waals surface area contributed by atoms with Gasteiger partial charge in [-0.05, 0) is 36.4 Å². The van der Waals surface area contributed by atoms with E-state index in [0.29, 0.717) is 22.9 Å². The second-order valence-corrected chi connectivity index (χ2v) is 4.47. The van der Waals surface area contributed by atoms with Crippen molar-refractivity contribution >= 4 is 11.6 Å². The van der Waals surface area contributed by atoms with Crippen LogP contribution >= 0.6 is 11.6 Å². The Bertz CT molecular complexity index is 657. The van der Waals surface area contributed by atoms with E-state index in [-0.39, 0.29) is 12.4 Å². The molecule has 108 valence electrons. The molecule has 0 amide bonds. The van der Waals surface area contributed by atoms with E-state index in [1.165, 1.54) is 13.2 Å². The topological polar surface area (TPSA) is 18.5 Å². The van der Waals surface area contributed by atoms with Crippen LogP contribution in [0, 0.1) is 17.7 Å². The standard InChI is InChI=1S/C17H14ClFO2/c1-20-16-9-6-14(17(19)11-16)12-21-15-7-4-13(5-8-15)3-2-10-18/h4-9,11H,10,12H2,1H3. The van der Waals surface area contributed by atoms with E-state index in [4.69, 9.17) is 21.1 Å². The van der Waals surface area contributed by atoms with E-state index >= 15 is 0 Å². The van der Waals surface area contributed by atoms with Crippen LogP contribution in [0.2, 0.25) is 0 Å². The highest BCUT2D eigenvalue weighted by Crippen LogP contribution is 2.19. The zero-order valence-corrected chi connectivity index (χ0v) is 12.3. The van der Waals surface area contributed by atoms with Gasteiger partial charge in [-0.3, -0.25) is 0 Å². The Kier molecular flexibility index (Phi) is 5.48. The fraction of sp³-hybridized carbons (Fsp3) is 0.176. The molecule has 4 heteroatoms. The molecule has 0 fully saturated rings. The van der Waals surface area contributed by atoms with E-state index in [2.05, 4.69) is 11.8 Å². The molecule has 0 radical (unpaired) electrons. The lowest BCUT2D eigenvalue weighted by molar-refractivity contribution is 0.299. The van der Waals surface area contributed by atoms with Crippen molar-refractivity contribution in [2.75, 3.05) is 13.0 Å². The first-order valence-electron chi connectivity index (χ1n) is 6.33. The lowest BCUT2D eigenvalue weighted by Gasteiger charge is -2.08. The van der Waals surface area contributed by atoms with Crippen molar-refractivity contribution in [1.82, 2.24) is 0 Å². The minimum absolute atomic E-state index is 0.155. The summed E-state index contributed by atoms with van der Waals surface area (Å²) in [4.78, 5) is 0. The predicted molar refractivity (Wildman–Crippen MR) is 81.3 cm³/mol. The molecule has 2 rings (SSSR count). The van der Waals surface area contributed by atoms with Crippen LogP contribution in [0.25, 0.3) is 0 Å². The van der Waals surface area contributed by atoms with Crippen molar-refractivity contribution < 1.29 is 13.9 Å². The van der Waals surface area contributed by atoms with Crippen LogP contribution < -0.4 is 9.47 Å². The SMILES string of the molecule is COc1ccc(COc2ccc(C#CCCl)cc2)c(F)c1. The molecule has 21 heavy (non-hydrogen) atoms. The molecule has 2 nitrogen and oxygen atoms in total. The monoisotopic (exact) mass is 304 g/mol. The van der Waals surface area contributed by atoms with Crippen LogP contribution in [0.1, 0.15) is 11.1 Å². The van der Waals surface area contributed by atoms with Crippen LogP contribution in [-0.4, -0.2) is 13.0 Å². The minimum atomic E-state index is -0.348. The van der Waals surface area contributed by atoms with E-state index in [1.807, 2.05) is 12.1 Å². The summed E-state index contributed by atoms with van der Waals surface area (Å²) >= 11 is 5.49. The molecule has 0 aliphatic carbocycles. The largest absolute Gasteiger partial charge is 0.497 e. The molecule has 0 saturated heterocycles. The highest BCUT2D eigenvalue weighted by atomic mass is 35.5. The van der Waals surface area contributed by atoms with E-state index in [1.54, 1.807) is 24.3 Å². The molecule has 0 spiro atoms. The first-order valence-corrected chi connectivity index (χ1v) is 6.86. The molecule has 0 aromatic heterocycles. The molecule has 0 heterocycles. The van der Waals surface area contributed by atoms with Gasteiger partial charge in [-0.2, -0.15) is 0 Å². The predicted octanol–water partition coefficient (Wildman–Crippen LogP) is 4.00. The van der Waals surface area contributed by atoms with Gasteiger partial charge in [-0.15, -0.1) is 11.6 Å². The fourth-order valence-electron chi connectivity index (χ4n) is 1.70. The molecular weight excluding hydrogens is 291 g/mol. The van der Waals surface area contributed by atoms with Crippen LogP contribution in [-0.2, 0) is 6.61 Å². The Morgan fingerprint density at radius 2 is 1.81 bits per heavy atom. The molecular formula is C17H14ClFO2. The molecule has 2 aromatic carbocycles. The molecule has 2 aromatic rings. The number of rotatable bonds is 4. The minimum Gasteiger partial charge on any atom is -0.497 e. The first kappa shape index (κ1) is 15.2. The van der Waals surface area contributed by atoms with Gasteiger partial charge in [0.2, 0.25) is 0 Å². The summed E-state index contributed by atoms with van der Waals surface area (Å²) in [5.74, 6) is 6.77. The molecule has 0 unspecified atom stereocenters. The van der Waals surface area contributed by atoms with Crippen LogP contribution in [0.3, 0.4) is 0 Å². The Labute approximate surface area is 128 Å². The van der Waals surface area contributed by atoms with Gasteiger partial charge in [-0.25, -0.2) is 4.39 Å². The maximum atomic E-state index is 13.8. The van der Waals surface area contributed by atoms with Gasteiger partial charge in [0.25, 0.3) is 0 Å².